The van der Waals surface area contributed by atoms with Crippen LogP contribution in [0.4, 0.5) is 0 Å². The average molecular weight is 240 g/mol. The Morgan fingerprint density at radius 1 is 1.47 bits per heavy atom. The molecule has 0 bridgehead atoms. The van der Waals surface area contributed by atoms with E-state index in [4.69, 9.17) is 9.15 Å². The summed E-state index contributed by atoms with van der Waals surface area (Å²) in [5.41, 5.74) is 1.02. The summed E-state index contributed by atoms with van der Waals surface area (Å²) < 4.78 is 10.3. The molecule has 0 aliphatic heterocycles. The molecule has 1 aromatic heterocycles. The maximum absolute atomic E-state index is 5.28. The number of aromatic nitrogens is 1. The SMILES string of the molecule is CCCNC(CCCCOC)c1coc(C)n1. The quantitative estimate of drug-likeness (QED) is 0.674. The fourth-order valence-electron chi connectivity index (χ4n) is 1.81. The molecule has 17 heavy (non-hydrogen) atoms. The first-order valence-electron chi connectivity index (χ1n) is 6.42. The third-order valence-electron chi connectivity index (χ3n) is 2.73. The van der Waals surface area contributed by atoms with E-state index in [1.165, 1.54) is 0 Å². The normalized spacial score (nSPS) is 12.9. The number of rotatable bonds is 9. The minimum atomic E-state index is 0.309. The van der Waals surface area contributed by atoms with E-state index < -0.39 is 0 Å². The van der Waals surface area contributed by atoms with Gasteiger partial charge >= 0.3 is 0 Å². The highest BCUT2D eigenvalue weighted by Crippen LogP contribution is 2.18. The second-order valence-electron chi connectivity index (χ2n) is 4.29. The molecule has 1 atom stereocenters. The molecule has 1 rings (SSSR count). The highest BCUT2D eigenvalue weighted by molar-refractivity contribution is 5.02. The van der Waals surface area contributed by atoms with Gasteiger partial charge in [0.25, 0.3) is 0 Å². The van der Waals surface area contributed by atoms with E-state index in [-0.39, 0.29) is 0 Å². The largest absolute Gasteiger partial charge is 0.449 e. The molecule has 4 nitrogen and oxygen atoms in total. The number of methoxy groups -OCH3 is 1. The van der Waals surface area contributed by atoms with Gasteiger partial charge in [0.1, 0.15) is 6.26 Å². The summed E-state index contributed by atoms with van der Waals surface area (Å²) in [6, 6.07) is 0.309. The molecule has 0 radical (unpaired) electrons. The van der Waals surface area contributed by atoms with Crippen molar-refractivity contribution in [2.75, 3.05) is 20.3 Å². The van der Waals surface area contributed by atoms with E-state index >= 15 is 0 Å². The van der Waals surface area contributed by atoms with Crippen LogP contribution in [0.1, 0.15) is 50.2 Å². The first kappa shape index (κ1) is 14.2. The van der Waals surface area contributed by atoms with Gasteiger partial charge < -0.3 is 14.5 Å². The lowest BCUT2D eigenvalue weighted by atomic mass is 10.1. The van der Waals surface area contributed by atoms with Gasteiger partial charge in [-0.1, -0.05) is 6.92 Å². The Balaban J connectivity index is 2.42. The summed E-state index contributed by atoms with van der Waals surface area (Å²) >= 11 is 0. The highest BCUT2D eigenvalue weighted by Gasteiger charge is 2.13. The van der Waals surface area contributed by atoms with Gasteiger partial charge in [-0.05, 0) is 32.2 Å². The van der Waals surface area contributed by atoms with Crippen molar-refractivity contribution in [3.63, 3.8) is 0 Å². The van der Waals surface area contributed by atoms with Crippen LogP contribution >= 0.6 is 0 Å². The highest BCUT2D eigenvalue weighted by atomic mass is 16.5. The molecule has 0 aliphatic rings. The maximum atomic E-state index is 5.28. The summed E-state index contributed by atoms with van der Waals surface area (Å²) in [6.45, 7) is 5.90. The molecule has 1 N–H and O–H groups in total. The van der Waals surface area contributed by atoms with Gasteiger partial charge in [0, 0.05) is 20.6 Å². The van der Waals surface area contributed by atoms with Crippen molar-refractivity contribution in [3.8, 4) is 0 Å². The van der Waals surface area contributed by atoms with E-state index in [9.17, 15) is 0 Å². The number of hydrogen-bond acceptors (Lipinski definition) is 4. The van der Waals surface area contributed by atoms with Crippen LogP contribution in [0.15, 0.2) is 10.7 Å². The lowest BCUT2D eigenvalue weighted by molar-refractivity contribution is 0.190. The topological polar surface area (TPSA) is 47.3 Å². The second-order valence-corrected chi connectivity index (χ2v) is 4.29. The van der Waals surface area contributed by atoms with Crippen molar-refractivity contribution < 1.29 is 9.15 Å². The number of nitrogens with zero attached hydrogens (tertiary/aromatic N) is 1. The minimum absolute atomic E-state index is 0.309. The monoisotopic (exact) mass is 240 g/mol. The van der Waals surface area contributed by atoms with Crippen LogP contribution in [0.2, 0.25) is 0 Å². The predicted molar refractivity (Wildman–Crippen MR) is 68.0 cm³/mol. The molecule has 0 saturated heterocycles. The second kappa shape index (κ2) is 8.25. The van der Waals surface area contributed by atoms with Crippen LogP contribution in [-0.2, 0) is 4.74 Å². The van der Waals surface area contributed by atoms with Crippen LogP contribution in [-0.4, -0.2) is 25.2 Å². The van der Waals surface area contributed by atoms with Gasteiger partial charge in [-0.25, -0.2) is 4.98 Å². The standard InChI is InChI=1S/C13H24N2O2/c1-4-8-14-12(7-5-6-9-16-3)13-10-17-11(2)15-13/h10,12,14H,4-9H2,1-3H3. The van der Waals surface area contributed by atoms with Gasteiger partial charge in [-0.3, -0.25) is 0 Å². The van der Waals surface area contributed by atoms with Crippen LogP contribution in [0.3, 0.4) is 0 Å². The molecule has 1 heterocycles. The molecule has 1 aromatic rings. The van der Waals surface area contributed by atoms with Gasteiger partial charge in [-0.2, -0.15) is 0 Å². The zero-order valence-electron chi connectivity index (χ0n) is 11.2. The Morgan fingerprint density at radius 2 is 2.29 bits per heavy atom. The van der Waals surface area contributed by atoms with E-state index in [2.05, 4.69) is 17.2 Å². The van der Waals surface area contributed by atoms with Crippen LogP contribution in [0, 0.1) is 6.92 Å². The number of nitrogens with one attached hydrogen (secondary N) is 1. The Morgan fingerprint density at radius 3 is 2.88 bits per heavy atom. The summed E-state index contributed by atoms with van der Waals surface area (Å²) in [7, 11) is 1.74. The van der Waals surface area contributed by atoms with Gasteiger partial charge in [-0.15, -0.1) is 0 Å². The number of ether oxygens (including phenoxy) is 1. The van der Waals surface area contributed by atoms with Crippen LogP contribution in [0.5, 0.6) is 0 Å². The number of aryl methyl sites for hydroxylation is 1. The van der Waals surface area contributed by atoms with E-state index in [0.717, 1.165) is 50.4 Å². The molecule has 0 aliphatic carbocycles. The number of hydrogen-bond donors (Lipinski definition) is 1. The first-order valence-corrected chi connectivity index (χ1v) is 6.42. The van der Waals surface area contributed by atoms with Crippen molar-refractivity contribution in [3.05, 3.63) is 17.8 Å². The van der Waals surface area contributed by atoms with Crippen molar-refractivity contribution >= 4 is 0 Å². The Bertz CT molecular complexity index is 299. The third kappa shape index (κ3) is 5.33. The van der Waals surface area contributed by atoms with Crippen LogP contribution < -0.4 is 5.32 Å². The molecule has 4 heteroatoms. The Labute approximate surface area is 104 Å². The smallest absolute Gasteiger partial charge is 0.191 e. The first-order chi connectivity index (χ1) is 8.27. The average Bonchev–Trinajstić information content (AvgIpc) is 2.75. The van der Waals surface area contributed by atoms with Crippen molar-refractivity contribution in [1.82, 2.24) is 10.3 Å². The molecule has 98 valence electrons. The van der Waals surface area contributed by atoms with Crippen molar-refractivity contribution in [1.29, 1.82) is 0 Å². The molecule has 1 unspecified atom stereocenters. The summed E-state index contributed by atoms with van der Waals surface area (Å²) in [6.07, 6.45) is 6.21. The fraction of sp³-hybridized carbons (Fsp3) is 0.769. The third-order valence-corrected chi connectivity index (χ3v) is 2.73. The molecular weight excluding hydrogens is 216 g/mol. The maximum Gasteiger partial charge on any atom is 0.191 e. The lowest BCUT2D eigenvalue weighted by Crippen LogP contribution is -2.22. The lowest BCUT2D eigenvalue weighted by Gasteiger charge is -2.15. The minimum Gasteiger partial charge on any atom is -0.449 e. The zero-order valence-corrected chi connectivity index (χ0v) is 11.2. The summed E-state index contributed by atoms with van der Waals surface area (Å²) in [5.74, 6) is 0.736. The summed E-state index contributed by atoms with van der Waals surface area (Å²) in [5, 5.41) is 3.51. The van der Waals surface area contributed by atoms with E-state index in [1.807, 2.05) is 6.92 Å². The number of unbranched alkanes of at least 4 members (excludes halogenated alkanes) is 1. The molecular formula is C13H24N2O2. The molecule has 0 amide bonds. The predicted octanol–water partition coefficient (Wildman–Crippen LogP) is 2.84. The van der Waals surface area contributed by atoms with Gasteiger partial charge in [0.2, 0.25) is 0 Å². The van der Waals surface area contributed by atoms with Crippen LogP contribution in [0.25, 0.3) is 0 Å². The Kier molecular flexibility index (Phi) is 6.89. The molecule has 0 spiro atoms. The number of oxazole rings is 1. The molecule has 0 aromatic carbocycles. The fourth-order valence-corrected chi connectivity index (χ4v) is 1.81. The van der Waals surface area contributed by atoms with Gasteiger partial charge in [0.05, 0.1) is 11.7 Å². The Hall–Kier alpha value is -0.870. The van der Waals surface area contributed by atoms with E-state index in [0.29, 0.717) is 6.04 Å². The molecule has 0 fully saturated rings. The van der Waals surface area contributed by atoms with Crippen molar-refractivity contribution in [2.45, 2.75) is 45.6 Å². The molecule has 0 saturated carbocycles. The van der Waals surface area contributed by atoms with E-state index in [1.54, 1.807) is 13.4 Å². The summed E-state index contributed by atoms with van der Waals surface area (Å²) in [4.78, 5) is 4.40. The van der Waals surface area contributed by atoms with Gasteiger partial charge in [0.15, 0.2) is 5.89 Å². The zero-order chi connectivity index (χ0) is 12.5. The van der Waals surface area contributed by atoms with Crippen molar-refractivity contribution in [2.24, 2.45) is 0 Å².